The molecule has 0 unspecified atom stereocenters. The maximum absolute atomic E-state index is 13.4. The smallest absolute Gasteiger partial charge is 0.330 e. The molecule has 0 saturated heterocycles. The van der Waals surface area contributed by atoms with Crippen molar-refractivity contribution in [1.29, 1.82) is 0 Å². The Kier molecular flexibility index (Phi) is 12.0. The van der Waals surface area contributed by atoms with Gasteiger partial charge in [0.15, 0.2) is 0 Å². The van der Waals surface area contributed by atoms with E-state index in [0.717, 1.165) is 11.1 Å². The summed E-state index contributed by atoms with van der Waals surface area (Å²) in [6, 6.07) is 25.5. The van der Waals surface area contributed by atoms with E-state index in [1.807, 2.05) is 36.4 Å². The molecule has 0 fully saturated rings. The predicted octanol–water partition coefficient (Wildman–Crippen LogP) is 5.31. The minimum atomic E-state index is -1.30. The Morgan fingerprint density at radius 3 is 2.02 bits per heavy atom. The Morgan fingerprint density at radius 2 is 1.39 bits per heavy atom. The number of ether oxygens (including phenoxy) is 1. The van der Waals surface area contributed by atoms with Gasteiger partial charge in [-0.05, 0) is 41.0 Å². The first kappa shape index (κ1) is 33.8. The van der Waals surface area contributed by atoms with Crippen molar-refractivity contribution in [2.75, 3.05) is 13.6 Å². The van der Waals surface area contributed by atoms with Crippen molar-refractivity contribution in [3.05, 3.63) is 135 Å². The van der Waals surface area contributed by atoms with E-state index in [1.54, 1.807) is 43.4 Å². The van der Waals surface area contributed by atoms with Crippen molar-refractivity contribution in [1.82, 2.24) is 20.9 Å². The highest BCUT2D eigenvalue weighted by Gasteiger charge is 2.27. The molecule has 4 aromatic carbocycles. The highest BCUT2D eigenvalue weighted by Crippen LogP contribution is 2.27. The SMILES string of the molecule is CN(Cc1ccccc1)C(=O)NC[C@H](NC(=O)c1c(Cl)cc(C(=O)NCc2cccc(O)c2)cc1Cl)C(=O)OCc1ccccc1. The molecule has 46 heavy (non-hydrogen) atoms. The molecule has 0 heterocycles. The lowest BCUT2D eigenvalue weighted by atomic mass is 10.1. The van der Waals surface area contributed by atoms with E-state index in [-0.39, 0.29) is 46.6 Å². The van der Waals surface area contributed by atoms with Gasteiger partial charge in [0.25, 0.3) is 11.8 Å². The number of hydrogen-bond donors (Lipinski definition) is 4. The number of benzene rings is 4. The molecule has 0 aliphatic heterocycles. The normalized spacial score (nSPS) is 11.2. The second-order valence-electron chi connectivity index (χ2n) is 10.3. The number of rotatable bonds is 12. The number of nitrogens with zero attached hydrogens (tertiary/aromatic N) is 1. The Bertz CT molecular complexity index is 1660. The van der Waals surface area contributed by atoms with Crippen LogP contribution in [-0.4, -0.2) is 53.5 Å². The molecule has 1 atom stereocenters. The molecule has 0 saturated carbocycles. The monoisotopic (exact) mass is 662 g/mol. The summed E-state index contributed by atoms with van der Waals surface area (Å²) in [6.07, 6.45) is 0. The zero-order chi connectivity index (χ0) is 33.1. The molecule has 0 aliphatic rings. The number of nitrogens with one attached hydrogen (secondary N) is 3. The van der Waals surface area contributed by atoms with Crippen LogP contribution in [0.3, 0.4) is 0 Å². The maximum Gasteiger partial charge on any atom is 0.330 e. The third-order valence-corrected chi connectivity index (χ3v) is 7.37. The van der Waals surface area contributed by atoms with Crippen LogP contribution < -0.4 is 16.0 Å². The molecule has 4 amide bonds. The largest absolute Gasteiger partial charge is 0.508 e. The molecule has 4 aromatic rings. The van der Waals surface area contributed by atoms with Crippen molar-refractivity contribution >= 4 is 47.0 Å². The second-order valence-corrected chi connectivity index (χ2v) is 11.1. The van der Waals surface area contributed by atoms with Crippen LogP contribution in [0.25, 0.3) is 0 Å². The van der Waals surface area contributed by atoms with Gasteiger partial charge < -0.3 is 30.7 Å². The van der Waals surface area contributed by atoms with Crippen LogP contribution in [0.5, 0.6) is 5.75 Å². The van der Waals surface area contributed by atoms with Crippen LogP contribution in [0, 0.1) is 0 Å². The predicted molar refractivity (Wildman–Crippen MR) is 175 cm³/mol. The quantitative estimate of drug-likeness (QED) is 0.152. The number of phenolic OH excluding ortho intramolecular Hbond substituents is 1. The number of carbonyl (C=O) groups excluding carboxylic acids is 4. The lowest BCUT2D eigenvalue weighted by Gasteiger charge is -2.22. The lowest BCUT2D eigenvalue weighted by molar-refractivity contribution is -0.147. The van der Waals surface area contributed by atoms with E-state index >= 15 is 0 Å². The van der Waals surface area contributed by atoms with Gasteiger partial charge >= 0.3 is 12.0 Å². The lowest BCUT2D eigenvalue weighted by Crippen LogP contribution is -2.51. The number of urea groups is 1. The first-order valence-electron chi connectivity index (χ1n) is 14.2. The molecular weight excluding hydrogens is 631 g/mol. The first-order valence-corrected chi connectivity index (χ1v) is 15.0. The number of amides is 4. The molecule has 0 bridgehead atoms. The van der Waals surface area contributed by atoms with Crippen LogP contribution in [-0.2, 0) is 29.2 Å². The first-order chi connectivity index (χ1) is 22.1. The van der Waals surface area contributed by atoms with E-state index in [2.05, 4.69) is 16.0 Å². The molecule has 4 N–H and O–H groups in total. The summed E-state index contributed by atoms with van der Waals surface area (Å²) in [5.74, 6) is -2.05. The van der Waals surface area contributed by atoms with Crippen LogP contribution in [0.4, 0.5) is 4.79 Å². The van der Waals surface area contributed by atoms with Crippen LogP contribution >= 0.6 is 23.2 Å². The van der Waals surface area contributed by atoms with Crippen molar-refractivity contribution in [2.24, 2.45) is 0 Å². The molecule has 4 rings (SSSR count). The van der Waals surface area contributed by atoms with Gasteiger partial charge in [-0.2, -0.15) is 0 Å². The molecule has 0 aliphatic carbocycles. The van der Waals surface area contributed by atoms with E-state index in [4.69, 9.17) is 27.9 Å². The van der Waals surface area contributed by atoms with Gasteiger partial charge in [-0.1, -0.05) is 96.0 Å². The summed E-state index contributed by atoms with van der Waals surface area (Å²) < 4.78 is 5.44. The topological polar surface area (TPSA) is 137 Å². The summed E-state index contributed by atoms with van der Waals surface area (Å²) in [6.45, 7) is 0.106. The Hall–Kier alpha value is -5.06. The summed E-state index contributed by atoms with van der Waals surface area (Å²) in [7, 11) is 1.60. The zero-order valence-electron chi connectivity index (χ0n) is 24.8. The fourth-order valence-corrected chi connectivity index (χ4v) is 5.04. The highest BCUT2D eigenvalue weighted by molar-refractivity contribution is 6.40. The van der Waals surface area contributed by atoms with Gasteiger partial charge in [-0.3, -0.25) is 9.59 Å². The van der Waals surface area contributed by atoms with Gasteiger partial charge in [0, 0.05) is 25.7 Å². The minimum Gasteiger partial charge on any atom is -0.508 e. The maximum atomic E-state index is 13.4. The Morgan fingerprint density at radius 1 is 0.783 bits per heavy atom. The van der Waals surface area contributed by atoms with Gasteiger partial charge in [-0.25, -0.2) is 9.59 Å². The number of phenols is 1. The highest BCUT2D eigenvalue weighted by atomic mass is 35.5. The average molecular weight is 664 g/mol. The summed E-state index contributed by atoms with van der Waals surface area (Å²) in [5.41, 5.74) is 2.25. The van der Waals surface area contributed by atoms with Gasteiger partial charge in [0.1, 0.15) is 18.4 Å². The van der Waals surface area contributed by atoms with Crippen molar-refractivity contribution < 1.29 is 29.0 Å². The second kappa shape index (κ2) is 16.3. The zero-order valence-corrected chi connectivity index (χ0v) is 26.3. The minimum absolute atomic E-state index is 0.0538. The number of carbonyl (C=O) groups is 4. The number of aromatic hydroxyl groups is 1. The van der Waals surface area contributed by atoms with Crippen LogP contribution in [0.15, 0.2) is 97.1 Å². The molecule has 0 spiro atoms. The molecule has 0 radical (unpaired) electrons. The third kappa shape index (κ3) is 9.72. The molecule has 12 heteroatoms. The van der Waals surface area contributed by atoms with Crippen molar-refractivity contribution in [3.8, 4) is 5.75 Å². The van der Waals surface area contributed by atoms with Gasteiger partial charge in [0.05, 0.1) is 22.2 Å². The fraction of sp³-hybridized carbons (Fsp3) is 0.176. The van der Waals surface area contributed by atoms with Crippen molar-refractivity contribution in [2.45, 2.75) is 25.7 Å². The standard InChI is InChI=1S/C34H32Cl2N4O6/c1-40(20-22-9-4-2-5-10-22)34(45)38-19-29(33(44)46-21-23-11-6-3-7-12-23)39-32(43)30-27(35)16-25(17-28(30)36)31(42)37-18-24-13-8-14-26(41)15-24/h2-17,29,41H,18-21H2,1H3,(H,37,42)(H,38,45)(H,39,43)/t29-/m0/s1. The number of esters is 1. The van der Waals surface area contributed by atoms with E-state index in [0.29, 0.717) is 12.1 Å². The number of halogens is 2. The van der Waals surface area contributed by atoms with E-state index in [1.165, 1.54) is 29.2 Å². The summed E-state index contributed by atoms with van der Waals surface area (Å²) >= 11 is 12.8. The van der Waals surface area contributed by atoms with Gasteiger partial charge in [0.2, 0.25) is 0 Å². The Labute approximate surface area is 276 Å². The molecule has 0 aromatic heterocycles. The summed E-state index contributed by atoms with van der Waals surface area (Å²) in [5, 5.41) is 17.3. The molecule has 10 nitrogen and oxygen atoms in total. The fourth-order valence-electron chi connectivity index (χ4n) is 4.38. The average Bonchev–Trinajstić information content (AvgIpc) is 3.04. The van der Waals surface area contributed by atoms with Crippen LogP contribution in [0.2, 0.25) is 10.0 Å². The van der Waals surface area contributed by atoms with Gasteiger partial charge in [-0.15, -0.1) is 0 Å². The third-order valence-electron chi connectivity index (χ3n) is 6.78. The molecule has 238 valence electrons. The number of hydrogen-bond acceptors (Lipinski definition) is 6. The van der Waals surface area contributed by atoms with E-state index < -0.39 is 29.9 Å². The summed E-state index contributed by atoms with van der Waals surface area (Å²) in [4.78, 5) is 53.6. The Balaban J connectivity index is 1.44. The van der Waals surface area contributed by atoms with E-state index in [9.17, 15) is 24.3 Å². The van der Waals surface area contributed by atoms with Crippen LogP contribution in [0.1, 0.15) is 37.4 Å². The van der Waals surface area contributed by atoms with Crippen molar-refractivity contribution in [3.63, 3.8) is 0 Å². The molecular formula is C34H32Cl2N4O6.